The Kier molecular flexibility index (Phi) is 7.83. The van der Waals surface area contributed by atoms with Gasteiger partial charge in [-0.2, -0.15) is 0 Å². The summed E-state index contributed by atoms with van der Waals surface area (Å²) in [5, 5.41) is 10.4. The highest BCUT2D eigenvalue weighted by Gasteiger charge is 2.77. The zero-order valence-corrected chi connectivity index (χ0v) is 22.6. The van der Waals surface area contributed by atoms with Crippen molar-refractivity contribution in [3.8, 4) is 0 Å². The molecule has 1 spiro atoms. The van der Waals surface area contributed by atoms with Crippen molar-refractivity contribution in [2.24, 2.45) is 23.7 Å². The van der Waals surface area contributed by atoms with Gasteiger partial charge in [-0.15, -0.1) is 18.3 Å². The quantitative estimate of drug-likeness (QED) is 0.392. The number of fused-ring (bicyclic) bond motifs is 1. The summed E-state index contributed by atoms with van der Waals surface area (Å²) in [4.78, 5) is 45.1. The first-order valence-corrected chi connectivity index (χ1v) is 13.5. The maximum absolute atomic E-state index is 14.4. The summed E-state index contributed by atoms with van der Waals surface area (Å²) in [6.45, 7) is 18.1. The summed E-state index contributed by atoms with van der Waals surface area (Å²) in [5.41, 5.74) is -0.481. The van der Waals surface area contributed by atoms with Crippen LogP contribution in [-0.4, -0.2) is 80.1 Å². The molecule has 3 aliphatic rings. The number of nitrogens with zero attached hydrogens (tertiary/aromatic N) is 2. The van der Waals surface area contributed by atoms with Crippen molar-refractivity contribution in [1.29, 1.82) is 0 Å². The zero-order valence-electron chi connectivity index (χ0n) is 21.7. The molecule has 2 amide bonds. The van der Waals surface area contributed by atoms with Gasteiger partial charge in [-0.05, 0) is 46.0 Å². The molecular weight excluding hydrogens is 452 g/mol. The van der Waals surface area contributed by atoms with Gasteiger partial charge in [0.1, 0.15) is 6.04 Å². The second-order valence-corrected chi connectivity index (χ2v) is 12.6. The highest BCUT2D eigenvalue weighted by atomic mass is 32.2. The van der Waals surface area contributed by atoms with Gasteiger partial charge in [0.25, 0.3) is 0 Å². The van der Waals surface area contributed by atoms with Gasteiger partial charge in [-0.25, -0.2) is 0 Å². The van der Waals surface area contributed by atoms with Crippen molar-refractivity contribution in [2.75, 3.05) is 19.8 Å². The van der Waals surface area contributed by atoms with Gasteiger partial charge < -0.3 is 19.6 Å². The summed E-state index contributed by atoms with van der Waals surface area (Å²) in [7, 11) is 0. The lowest BCUT2D eigenvalue weighted by Crippen LogP contribution is -2.62. The summed E-state index contributed by atoms with van der Waals surface area (Å²) in [6.07, 6.45) is 3.23. The van der Waals surface area contributed by atoms with Crippen LogP contribution < -0.4 is 0 Å². The minimum Gasteiger partial charge on any atom is -0.466 e. The number of hydrogen-bond acceptors (Lipinski definition) is 6. The second kappa shape index (κ2) is 9.84. The van der Waals surface area contributed by atoms with E-state index in [0.717, 1.165) is 12.8 Å². The summed E-state index contributed by atoms with van der Waals surface area (Å²) >= 11 is 1.64. The van der Waals surface area contributed by atoms with Crippen molar-refractivity contribution in [3.05, 3.63) is 12.7 Å². The van der Waals surface area contributed by atoms with Gasteiger partial charge in [-0.3, -0.25) is 14.4 Å². The van der Waals surface area contributed by atoms with Crippen LogP contribution in [0, 0.1) is 23.7 Å². The Bertz CT molecular complexity index is 826. The van der Waals surface area contributed by atoms with Crippen molar-refractivity contribution in [1.82, 2.24) is 9.80 Å². The molecule has 7 nitrogen and oxygen atoms in total. The van der Waals surface area contributed by atoms with Crippen molar-refractivity contribution in [2.45, 2.75) is 88.9 Å². The van der Waals surface area contributed by atoms with Crippen molar-refractivity contribution in [3.63, 3.8) is 0 Å². The van der Waals surface area contributed by atoms with Crippen molar-refractivity contribution >= 4 is 29.5 Å². The molecule has 2 bridgehead atoms. The first-order chi connectivity index (χ1) is 15.9. The largest absolute Gasteiger partial charge is 0.466 e. The Labute approximate surface area is 208 Å². The van der Waals surface area contributed by atoms with E-state index in [-0.39, 0.29) is 48.1 Å². The molecule has 8 heteroatoms. The third kappa shape index (κ3) is 3.98. The smallest absolute Gasteiger partial charge is 0.310 e. The third-order valence-corrected chi connectivity index (χ3v) is 10.3. The molecule has 3 unspecified atom stereocenters. The maximum atomic E-state index is 14.4. The van der Waals surface area contributed by atoms with Crippen LogP contribution in [0.3, 0.4) is 0 Å². The summed E-state index contributed by atoms with van der Waals surface area (Å²) in [5.74, 6) is -1.78. The lowest BCUT2D eigenvalue weighted by Gasteiger charge is -2.45. The Morgan fingerprint density at radius 3 is 2.53 bits per heavy atom. The van der Waals surface area contributed by atoms with E-state index < -0.39 is 34.2 Å². The Morgan fingerprint density at radius 1 is 1.38 bits per heavy atom. The lowest BCUT2D eigenvalue weighted by molar-refractivity contribution is -0.154. The molecule has 0 radical (unpaired) electrons. The Balaban J connectivity index is 2.20. The topological polar surface area (TPSA) is 87.2 Å². The molecule has 3 aliphatic heterocycles. The van der Waals surface area contributed by atoms with Gasteiger partial charge in [0, 0.05) is 17.3 Å². The zero-order chi connectivity index (χ0) is 25.6. The SMILES string of the molecule is C=CCN(C(=O)C1N([C@@H](CO)[C@@H](C)CC)C(=O)[C@@H]2[C@H](C(=O)OCC)[C@@H]3CC(C)C12S3)C(C)(C)C. The van der Waals surface area contributed by atoms with E-state index in [4.69, 9.17) is 4.74 Å². The number of ether oxygens (including phenoxy) is 1. The molecule has 3 saturated heterocycles. The molecule has 3 heterocycles. The molecule has 8 atom stereocenters. The molecule has 34 heavy (non-hydrogen) atoms. The third-order valence-electron chi connectivity index (χ3n) is 8.21. The van der Waals surface area contributed by atoms with Gasteiger partial charge >= 0.3 is 5.97 Å². The number of hydrogen-bond donors (Lipinski definition) is 1. The number of likely N-dealkylation sites (tertiary alicyclic amines) is 1. The van der Waals surface area contributed by atoms with E-state index in [2.05, 4.69) is 13.5 Å². The van der Waals surface area contributed by atoms with E-state index in [9.17, 15) is 19.5 Å². The highest BCUT2D eigenvalue weighted by molar-refractivity contribution is 8.02. The second-order valence-electron chi connectivity index (χ2n) is 11.1. The standard InChI is InChI=1S/C26H42N2O5S/c1-9-12-27(25(6,7)8)23(31)21-26-16(5)13-18(34-26)19(24(32)33-11-3)20(26)22(30)28(21)17(14-29)15(4)10-2/h9,15-21,29H,1,10-14H2,2-8H3/t15-,16?,17-,18-,19+,20-,21?,26?/m0/s1. The molecule has 0 aliphatic carbocycles. The highest BCUT2D eigenvalue weighted by Crippen LogP contribution is 2.69. The van der Waals surface area contributed by atoms with E-state index >= 15 is 0 Å². The minimum absolute atomic E-state index is 0.000479. The van der Waals surface area contributed by atoms with Gasteiger partial charge in [0.15, 0.2) is 0 Å². The van der Waals surface area contributed by atoms with E-state index in [1.165, 1.54) is 0 Å². The van der Waals surface area contributed by atoms with Crippen LogP contribution in [0.4, 0.5) is 0 Å². The molecule has 192 valence electrons. The van der Waals surface area contributed by atoms with Crippen LogP contribution in [0.5, 0.6) is 0 Å². The molecule has 0 aromatic rings. The number of aliphatic hydroxyl groups excluding tert-OH is 1. The predicted octanol–water partition coefficient (Wildman–Crippen LogP) is 3.11. The first kappa shape index (κ1) is 27.1. The first-order valence-electron chi connectivity index (χ1n) is 12.6. The molecule has 3 fully saturated rings. The number of carbonyl (C=O) groups is 3. The van der Waals surface area contributed by atoms with Gasteiger partial charge in [0.05, 0.1) is 35.8 Å². The lowest BCUT2D eigenvalue weighted by atomic mass is 9.66. The monoisotopic (exact) mass is 494 g/mol. The average Bonchev–Trinajstić information content (AvgIpc) is 3.35. The number of aliphatic hydroxyl groups is 1. The molecular formula is C26H42N2O5S. The number of amides is 2. The molecule has 0 aromatic heterocycles. The molecule has 0 aromatic carbocycles. The van der Waals surface area contributed by atoms with E-state index in [1.807, 2.05) is 34.6 Å². The number of esters is 1. The normalized spacial score (nSPS) is 34.1. The fourth-order valence-electron chi connectivity index (χ4n) is 6.39. The number of rotatable bonds is 9. The van der Waals surface area contributed by atoms with E-state index in [1.54, 1.807) is 34.6 Å². The Morgan fingerprint density at radius 2 is 2.03 bits per heavy atom. The van der Waals surface area contributed by atoms with Crippen LogP contribution in [0.25, 0.3) is 0 Å². The number of thioether (sulfide) groups is 1. The molecule has 1 N–H and O–H groups in total. The molecule has 0 saturated carbocycles. The fraction of sp³-hybridized carbons (Fsp3) is 0.808. The Hall–Kier alpha value is -1.54. The summed E-state index contributed by atoms with van der Waals surface area (Å²) in [6, 6.07) is -1.24. The van der Waals surface area contributed by atoms with Crippen molar-refractivity contribution < 1.29 is 24.2 Å². The number of carbonyl (C=O) groups excluding carboxylic acids is 3. The average molecular weight is 495 g/mol. The summed E-state index contributed by atoms with van der Waals surface area (Å²) < 4.78 is 4.69. The van der Waals surface area contributed by atoms with Crippen LogP contribution in [0.2, 0.25) is 0 Å². The predicted molar refractivity (Wildman–Crippen MR) is 134 cm³/mol. The fourth-order valence-corrected chi connectivity index (χ4v) is 8.78. The van der Waals surface area contributed by atoms with E-state index in [0.29, 0.717) is 6.54 Å². The van der Waals surface area contributed by atoms with Gasteiger partial charge in [-0.1, -0.05) is 33.3 Å². The van der Waals surface area contributed by atoms with Crippen LogP contribution in [0.15, 0.2) is 12.7 Å². The minimum atomic E-state index is -0.750. The van der Waals surface area contributed by atoms with Gasteiger partial charge in [0.2, 0.25) is 11.8 Å². The molecule has 3 rings (SSSR count). The van der Waals surface area contributed by atoms with Crippen LogP contribution >= 0.6 is 11.8 Å². The van der Waals surface area contributed by atoms with Crippen LogP contribution in [-0.2, 0) is 19.1 Å². The van der Waals surface area contributed by atoms with Crippen LogP contribution in [0.1, 0.15) is 61.3 Å². The maximum Gasteiger partial charge on any atom is 0.310 e.